The van der Waals surface area contributed by atoms with Crippen LogP contribution < -0.4 is 5.32 Å². The van der Waals surface area contributed by atoms with Crippen LogP contribution in [0.1, 0.15) is 18.4 Å². The number of piperidine rings is 1. The van der Waals surface area contributed by atoms with E-state index < -0.39 is 0 Å². The summed E-state index contributed by atoms with van der Waals surface area (Å²) in [5.74, 6) is 0.808. The van der Waals surface area contributed by atoms with Crippen molar-refractivity contribution in [3.63, 3.8) is 0 Å². The highest BCUT2D eigenvalue weighted by Crippen LogP contribution is 2.17. The number of carbonyl (C=O) groups is 1. The van der Waals surface area contributed by atoms with Gasteiger partial charge in [0.05, 0.1) is 6.42 Å². The third kappa shape index (κ3) is 3.96. The molecule has 1 heterocycles. The van der Waals surface area contributed by atoms with Gasteiger partial charge in [-0.15, -0.1) is 0 Å². The molecule has 1 amide bonds. The molecule has 104 valence electrons. The van der Waals surface area contributed by atoms with Crippen molar-refractivity contribution in [2.24, 2.45) is 5.92 Å². The number of para-hydroxylation sites is 1. The van der Waals surface area contributed by atoms with Gasteiger partial charge in [0.1, 0.15) is 5.75 Å². The Bertz CT molecular complexity index is 428. The number of nitrogens with one attached hydrogen (secondary N) is 1. The first-order valence-corrected chi connectivity index (χ1v) is 6.88. The molecule has 0 bridgehead atoms. The lowest BCUT2D eigenvalue weighted by Crippen LogP contribution is -2.39. The standard InChI is InChI=1S/C15H22N2O2/c1-17(11-12-5-4-8-16-10-12)15(19)9-13-6-2-3-7-14(13)18/h2-3,6-7,12,16,18H,4-5,8-11H2,1H3. The number of carbonyl (C=O) groups excluding carboxylic acids is 1. The van der Waals surface area contributed by atoms with Crippen LogP contribution in [-0.2, 0) is 11.2 Å². The maximum atomic E-state index is 12.1. The molecule has 1 saturated heterocycles. The number of rotatable bonds is 4. The minimum absolute atomic E-state index is 0.0621. The van der Waals surface area contributed by atoms with Crippen molar-refractivity contribution >= 4 is 5.91 Å². The van der Waals surface area contributed by atoms with E-state index in [-0.39, 0.29) is 18.1 Å². The first-order chi connectivity index (χ1) is 9.16. The smallest absolute Gasteiger partial charge is 0.226 e. The molecule has 2 N–H and O–H groups in total. The monoisotopic (exact) mass is 262 g/mol. The Labute approximate surface area is 114 Å². The second kappa shape index (κ2) is 6.57. The first-order valence-electron chi connectivity index (χ1n) is 6.88. The van der Waals surface area contributed by atoms with E-state index in [1.165, 1.54) is 12.8 Å². The molecule has 0 radical (unpaired) electrons. The molecule has 4 nitrogen and oxygen atoms in total. The number of likely N-dealkylation sites (N-methyl/N-ethyl adjacent to an activating group) is 1. The SMILES string of the molecule is CN(CC1CCCNC1)C(=O)Cc1ccccc1O. The molecule has 1 aromatic carbocycles. The molecule has 1 aliphatic rings. The van der Waals surface area contributed by atoms with E-state index >= 15 is 0 Å². The number of hydrogen-bond acceptors (Lipinski definition) is 3. The predicted octanol–water partition coefficient (Wildman–Crippen LogP) is 1.39. The normalized spacial score (nSPS) is 19.1. The van der Waals surface area contributed by atoms with E-state index in [0.29, 0.717) is 11.5 Å². The number of amides is 1. The highest BCUT2D eigenvalue weighted by atomic mass is 16.3. The van der Waals surface area contributed by atoms with Crippen LogP contribution in [0.5, 0.6) is 5.75 Å². The third-order valence-corrected chi connectivity index (χ3v) is 3.69. The van der Waals surface area contributed by atoms with Crippen LogP contribution in [0.25, 0.3) is 0 Å². The van der Waals surface area contributed by atoms with Crippen LogP contribution in [0.15, 0.2) is 24.3 Å². The molecule has 1 unspecified atom stereocenters. The van der Waals surface area contributed by atoms with Gasteiger partial charge in [-0.1, -0.05) is 18.2 Å². The summed E-state index contributed by atoms with van der Waals surface area (Å²) < 4.78 is 0. The molecule has 0 spiro atoms. The molecular weight excluding hydrogens is 240 g/mol. The summed E-state index contributed by atoms with van der Waals surface area (Å²) in [4.78, 5) is 13.9. The number of aromatic hydroxyl groups is 1. The quantitative estimate of drug-likeness (QED) is 0.862. The third-order valence-electron chi connectivity index (χ3n) is 3.69. The van der Waals surface area contributed by atoms with Crippen LogP contribution in [0.3, 0.4) is 0 Å². The highest BCUT2D eigenvalue weighted by Gasteiger charge is 2.18. The second-order valence-electron chi connectivity index (χ2n) is 5.29. The summed E-state index contributed by atoms with van der Waals surface area (Å²) in [5, 5.41) is 13.0. The van der Waals surface area contributed by atoms with Crippen LogP contribution in [0.2, 0.25) is 0 Å². The van der Waals surface area contributed by atoms with Gasteiger partial charge in [0.2, 0.25) is 5.91 Å². The van der Waals surface area contributed by atoms with Crippen molar-refractivity contribution < 1.29 is 9.90 Å². The van der Waals surface area contributed by atoms with E-state index in [1.54, 1.807) is 23.1 Å². The van der Waals surface area contributed by atoms with Crippen molar-refractivity contribution in [3.8, 4) is 5.75 Å². The van der Waals surface area contributed by atoms with Gasteiger partial charge in [-0.05, 0) is 37.9 Å². The molecule has 0 saturated carbocycles. The van der Waals surface area contributed by atoms with Crippen LogP contribution in [0.4, 0.5) is 0 Å². The predicted molar refractivity (Wildman–Crippen MR) is 75.0 cm³/mol. The maximum absolute atomic E-state index is 12.1. The second-order valence-corrected chi connectivity index (χ2v) is 5.29. The Morgan fingerprint density at radius 1 is 1.47 bits per heavy atom. The van der Waals surface area contributed by atoms with Crippen LogP contribution in [0, 0.1) is 5.92 Å². The highest BCUT2D eigenvalue weighted by molar-refractivity contribution is 5.79. The summed E-state index contributed by atoms with van der Waals surface area (Å²) in [6.45, 7) is 2.87. The fourth-order valence-electron chi connectivity index (χ4n) is 2.53. The summed E-state index contributed by atoms with van der Waals surface area (Å²) >= 11 is 0. The number of nitrogens with zero attached hydrogens (tertiary/aromatic N) is 1. The Balaban J connectivity index is 1.87. The molecule has 2 rings (SSSR count). The molecule has 1 atom stereocenters. The van der Waals surface area contributed by atoms with E-state index in [9.17, 15) is 9.90 Å². The molecule has 0 aliphatic carbocycles. The van der Waals surface area contributed by atoms with E-state index in [0.717, 1.165) is 19.6 Å². The topological polar surface area (TPSA) is 52.6 Å². The van der Waals surface area contributed by atoms with Crippen molar-refractivity contribution in [3.05, 3.63) is 29.8 Å². The zero-order chi connectivity index (χ0) is 13.7. The van der Waals surface area contributed by atoms with Crippen LogP contribution >= 0.6 is 0 Å². The van der Waals surface area contributed by atoms with Crippen molar-refractivity contribution in [1.29, 1.82) is 0 Å². The number of benzene rings is 1. The zero-order valence-electron chi connectivity index (χ0n) is 11.4. The Morgan fingerprint density at radius 3 is 2.95 bits per heavy atom. The van der Waals surface area contributed by atoms with Crippen molar-refractivity contribution in [1.82, 2.24) is 10.2 Å². The summed E-state index contributed by atoms with van der Waals surface area (Å²) in [7, 11) is 1.84. The lowest BCUT2D eigenvalue weighted by atomic mass is 9.99. The van der Waals surface area contributed by atoms with Gasteiger partial charge in [0.15, 0.2) is 0 Å². The van der Waals surface area contributed by atoms with Gasteiger partial charge < -0.3 is 15.3 Å². The van der Waals surface area contributed by atoms with Crippen LogP contribution in [-0.4, -0.2) is 42.6 Å². The molecule has 1 fully saturated rings. The molecule has 19 heavy (non-hydrogen) atoms. The zero-order valence-corrected chi connectivity index (χ0v) is 11.4. The van der Waals surface area contributed by atoms with Crippen molar-refractivity contribution in [2.75, 3.05) is 26.7 Å². The first kappa shape index (κ1) is 13.9. The van der Waals surface area contributed by atoms with Gasteiger partial charge >= 0.3 is 0 Å². The minimum Gasteiger partial charge on any atom is -0.508 e. The van der Waals surface area contributed by atoms with E-state index in [4.69, 9.17) is 0 Å². The lowest BCUT2D eigenvalue weighted by Gasteiger charge is -2.27. The summed E-state index contributed by atoms with van der Waals surface area (Å²) in [6.07, 6.45) is 2.64. The van der Waals surface area contributed by atoms with Gasteiger partial charge in [-0.3, -0.25) is 4.79 Å². The average molecular weight is 262 g/mol. The largest absolute Gasteiger partial charge is 0.508 e. The molecule has 0 aromatic heterocycles. The van der Waals surface area contributed by atoms with Gasteiger partial charge in [0, 0.05) is 19.2 Å². The fourth-order valence-corrected chi connectivity index (χ4v) is 2.53. The maximum Gasteiger partial charge on any atom is 0.226 e. The molecular formula is C15H22N2O2. The molecule has 1 aromatic rings. The van der Waals surface area contributed by atoms with Gasteiger partial charge in [-0.2, -0.15) is 0 Å². The van der Waals surface area contributed by atoms with Gasteiger partial charge in [-0.25, -0.2) is 0 Å². The molecule has 4 heteroatoms. The number of hydrogen-bond donors (Lipinski definition) is 2. The Hall–Kier alpha value is -1.55. The van der Waals surface area contributed by atoms with Gasteiger partial charge in [0.25, 0.3) is 0 Å². The number of phenolic OH excluding ortho intramolecular Hbond substituents is 1. The lowest BCUT2D eigenvalue weighted by molar-refractivity contribution is -0.129. The van der Waals surface area contributed by atoms with E-state index in [2.05, 4.69) is 5.32 Å². The fraction of sp³-hybridized carbons (Fsp3) is 0.533. The number of phenols is 1. The van der Waals surface area contributed by atoms with E-state index in [1.807, 2.05) is 13.1 Å². The molecule has 1 aliphatic heterocycles. The Morgan fingerprint density at radius 2 is 2.26 bits per heavy atom. The average Bonchev–Trinajstić information content (AvgIpc) is 2.42. The van der Waals surface area contributed by atoms with Crippen molar-refractivity contribution in [2.45, 2.75) is 19.3 Å². The minimum atomic E-state index is 0.0621. The summed E-state index contributed by atoms with van der Waals surface area (Å²) in [5.41, 5.74) is 0.695. The summed E-state index contributed by atoms with van der Waals surface area (Å²) in [6, 6.07) is 7.02. The Kier molecular flexibility index (Phi) is 4.80.